The van der Waals surface area contributed by atoms with Crippen LogP contribution in [0.15, 0.2) is 59.5 Å². The Morgan fingerprint density at radius 1 is 1.04 bits per heavy atom. The molecular formula is C20H23NO2S. The molecule has 3 nitrogen and oxygen atoms in total. The lowest BCUT2D eigenvalue weighted by Gasteiger charge is -2.49. The van der Waals surface area contributed by atoms with Crippen molar-refractivity contribution in [1.82, 2.24) is 4.31 Å². The predicted molar refractivity (Wildman–Crippen MR) is 95.3 cm³/mol. The Balaban J connectivity index is 1.59. The Morgan fingerprint density at radius 3 is 2.38 bits per heavy atom. The molecule has 2 aromatic carbocycles. The van der Waals surface area contributed by atoms with Crippen molar-refractivity contribution in [2.45, 2.75) is 31.1 Å². The molecule has 0 amide bonds. The fraction of sp³-hybridized carbons (Fsp3) is 0.400. The summed E-state index contributed by atoms with van der Waals surface area (Å²) < 4.78 is 27.7. The van der Waals surface area contributed by atoms with Crippen LogP contribution >= 0.6 is 0 Å². The van der Waals surface area contributed by atoms with Gasteiger partial charge in [0.15, 0.2) is 0 Å². The minimum absolute atomic E-state index is 0.109. The Morgan fingerprint density at radius 2 is 1.71 bits per heavy atom. The van der Waals surface area contributed by atoms with Crippen LogP contribution in [-0.2, 0) is 10.0 Å². The van der Waals surface area contributed by atoms with E-state index < -0.39 is 10.0 Å². The largest absolute Gasteiger partial charge is 0.243 e. The number of hydrogen-bond donors (Lipinski definition) is 0. The molecular weight excluding hydrogens is 318 g/mol. The van der Waals surface area contributed by atoms with Crippen molar-refractivity contribution >= 4 is 10.0 Å². The molecule has 0 radical (unpaired) electrons. The zero-order valence-electron chi connectivity index (χ0n) is 14.1. The highest BCUT2D eigenvalue weighted by Crippen LogP contribution is 2.60. The highest BCUT2D eigenvalue weighted by Gasteiger charge is 2.58. The van der Waals surface area contributed by atoms with Crippen LogP contribution in [-0.4, -0.2) is 25.8 Å². The normalized spacial score (nSPS) is 29.9. The van der Waals surface area contributed by atoms with Gasteiger partial charge in [0.25, 0.3) is 0 Å². The lowest BCUT2D eigenvalue weighted by Crippen LogP contribution is -2.43. The molecule has 0 spiro atoms. The van der Waals surface area contributed by atoms with Gasteiger partial charge in [0, 0.05) is 13.1 Å². The monoisotopic (exact) mass is 341 g/mol. The van der Waals surface area contributed by atoms with Gasteiger partial charge in [0.05, 0.1) is 4.90 Å². The second kappa shape index (κ2) is 5.43. The van der Waals surface area contributed by atoms with Gasteiger partial charge in [-0.3, -0.25) is 0 Å². The van der Waals surface area contributed by atoms with Crippen LogP contribution in [0.4, 0.5) is 0 Å². The number of aryl methyl sites for hydroxylation is 1. The Bertz CT molecular complexity index is 845. The molecule has 1 saturated heterocycles. The van der Waals surface area contributed by atoms with E-state index in [9.17, 15) is 8.42 Å². The molecule has 0 bridgehead atoms. The number of benzene rings is 2. The second-order valence-corrected chi connectivity index (χ2v) is 9.53. The molecule has 0 N–H and O–H groups in total. The van der Waals surface area contributed by atoms with Crippen molar-refractivity contribution < 1.29 is 8.42 Å². The SMILES string of the molecule is Cc1ccc(S(=O)(=O)N2C[C@@H]3[C@@H](c4ccccc4)C[C@]3(C)C2)cc1. The van der Waals surface area contributed by atoms with Crippen molar-refractivity contribution in [2.75, 3.05) is 13.1 Å². The smallest absolute Gasteiger partial charge is 0.207 e. The summed E-state index contributed by atoms with van der Waals surface area (Å²) in [7, 11) is -3.39. The van der Waals surface area contributed by atoms with Gasteiger partial charge in [0.2, 0.25) is 10.0 Å². The minimum atomic E-state index is -3.39. The third-order valence-electron chi connectivity index (χ3n) is 5.89. The molecule has 1 heterocycles. The van der Waals surface area contributed by atoms with Crippen molar-refractivity contribution in [3.63, 3.8) is 0 Å². The number of hydrogen-bond acceptors (Lipinski definition) is 2. The van der Waals surface area contributed by atoms with E-state index in [1.165, 1.54) is 5.56 Å². The van der Waals surface area contributed by atoms with Gasteiger partial charge in [0.1, 0.15) is 0 Å². The maximum atomic E-state index is 13.0. The number of fused-ring (bicyclic) bond motifs is 1. The van der Waals surface area contributed by atoms with E-state index in [0.717, 1.165) is 12.0 Å². The summed E-state index contributed by atoms with van der Waals surface area (Å²) >= 11 is 0. The summed E-state index contributed by atoms with van der Waals surface area (Å²) in [6.07, 6.45) is 1.07. The van der Waals surface area contributed by atoms with Gasteiger partial charge in [-0.2, -0.15) is 4.31 Å². The quantitative estimate of drug-likeness (QED) is 0.851. The first-order valence-electron chi connectivity index (χ1n) is 8.52. The average molecular weight is 341 g/mol. The van der Waals surface area contributed by atoms with Crippen molar-refractivity contribution in [3.8, 4) is 0 Å². The minimum Gasteiger partial charge on any atom is -0.207 e. The third-order valence-corrected chi connectivity index (χ3v) is 7.72. The second-order valence-electron chi connectivity index (χ2n) is 7.59. The van der Waals surface area contributed by atoms with Crippen LogP contribution in [0.2, 0.25) is 0 Å². The summed E-state index contributed by atoms with van der Waals surface area (Å²) in [5.41, 5.74) is 2.53. The summed E-state index contributed by atoms with van der Waals surface area (Å²) in [5, 5.41) is 0. The summed E-state index contributed by atoms with van der Waals surface area (Å²) in [6, 6.07) is 17.7. The summed E-state index contributed by atoms with van der Waals surface area (Å²) in [4.78, 5) is 0.411. The standard InChI is InChI=1S/C20H23NO2S/c1-15-8-10-17(11-9-15)24(22,23)21-13-19-18(12-20(19,2)14-21)16-6-4-3-5-7-16/h3-11,18-19H,12-14H2,1-2H3/t18-,19-,20-/m1/s1. The number of rotatable bonds is 3. The zero-order valence-corrected chi connectivity index (χ0v) is 15.0. The first-order chi connectivity index (χ1) is 11.4. The molecule has 2 aromatic rings. The highest BCUT2D eigenvalue weighted by molar-refractivity contribution is 7.89. The molecule has 0 unspecified atom stereocenters. The van der Waals surface area contributed by atoms with Crippen LogP contribution < -0.4 is 0 Å². The molecule has 24 heavy (non-hydrogen) atoms. The van der Waals surface area contributed by atoms with E-state index in [2.05, 4.69) is 31.2 Å². The molecule has 4 heteroatoms. The van der Waals surface area contributed by atoms with Crippen molar-refractivity contribution in [2.24, 2.45) is 11.3 Å². The molecule has 2 aliphatic rings. The number of nitrogens with zero attached hydrogens (tertiary/aromatic N) is 1. The van der Waals surface area contributed by atoms with Crippen LogP contribution in [0.1, 0.15) is 30.4 Å². The lowest BCUT2D eigenvalue weighted by molar-refractivity contribution is 0.0724. The van der Waals surface area contributed by atoms with Gasteiger partial charge >= 0.3 is 0 Å². The van der Waals surface area contributed by atoms with E-state index in [0.29, 0.717) is 29.8 Å². The van der Waals surface area contributed by atoms with Crippen molar-refractivity contribution in [1.29, 1.82) is 0 Å². The molecule has 0 aromatic heterocycles. The summed E-state index contributed by atoms with van der Waals surface area (Å²) in [5.74, 6) is 0.898. The van der Waals surface area contributed by atoms with Crippen LogP contribution in [0, 0.1) is 18.3 Å². The zero-order chi connectivity index (χ0) is 16.9. The van der Waals surface area contributed by atoms with Gasteiger partial charge in [-0.05, 0) is 48.3 Å². The molecule has 1 aliphatic carbocycles. The predicted octanol–water partition coefficient (Wildman–Crippen LogP) is 3.81. The highest BCUT2D eigenvalue weighted by atomic mass is 32.2. The fourth-order valence-electron chi connectivity index (χ4n) is 4.43. The average Bonchev–Trinajstić information content (AvgIpc) is 2.83. The van der Waals surface area contributed by atoms with Gasteiger partial charge in [-0.15, -0.1) is 0 Å². The topological polar surface area (TPSA) is 37.4 Å². The maximum Gasteiger partial charge on any atom is 0.243 e. The van der Waals surface area contributed by atoms with E-state index in [-0.39, 0.29) is 5.41 Å². The number of sulfonamides is 1. The van der Waals surface area contributed by atoms with E-state index in [4.69, 9.17) is 0 Å². The van der Waals surface area contributed by atoms with Crippen LogP contribution in [0.25, 0.3) is 0 Å². The summed E-state index contributed by atoms with van der Waals surface area (Å²) in [6.45, 7) is 5.48. The van der Waals surface area contributed by atoms with E-state index >= 15 is 0 Å². The Labute approximate surface area is 144 Å². The van der Waals surface area contributed by atoms with Gasteiger partial charge in [-0.25, -0.2) is 8.42 Å². The molecule has 2 fully saturated rings. The van der Waals surface area contributed by atoms with E-state index in [1.54, 1.807) is 16.4 Å². The Kier molecular flexibility index (Phi) is 3.59. The van der Waals surface area contributed by atoms with Crippen molar-refractivity contribution in [3.05, 3.63) is 65.7 Å². The van der Waals surface area contributed by atoms with Crippen LogP contribution in [0.5, 0.6) is 0 Å². The van der Waals surface area contributed by atoms with E-state index in [1.807, 2.05) is 25.1 Å². The lowest BCUT2D eigenvalue weighted by atomic mass is 9.54. The van der Waals surface area contributed by atoms with Gasteiger partial charge in [-0.1, -0.05) is 55.0 Å². The van der Waals surface area contributed by atoms with Crippen LogP contribution in [0.3, 0.4) is 0 Å². The first kappa shape index (κ1) is 15.9. The Hall–Kier alpha value is -1.65. The molecule has 1 aliphatic heterocycles. The maximum absolute atomic E-state index is 13.0. The molecule has 4 rings (SSSR count). The third kappa shape index (κ3) is 2.40. The molecule has 3 atom stereocenters. The molecule has 1 saturated carbocycles. The molecule has 126 valence electrons. The first-order valence-corrected chi connectivity index (χ1v) is 9.96. The van der Waals surface area contributed by atoms with Gasteiger partial charge < -0.3 is 0 Å². The fourth-order valence-corrected chi connectivity index (χ4v) is 6.03.